The van der Waals surface area contributed by atoms with Crippen LogP contribution >= 0.6 is 11.6 Å². The molecule has 118 valence electrons. The maximum atomic E-state index is 12.7. The Bertz CT molecular complexity index is 479. The molecule has 0 spiro atoms. The minimum atomic E-state index is -4.06. The van der Waals surface area contributed by atoms with E-state index in [1.54, 1.807) is 0 Å². The largest absolute Gasteiger partial charge is 0.391 e. The van der Waals surface area contributed by atoms with E-state index in [9.17, 15) is 13.2 Å². The number of aryl methyl sites for hydroxylation is 1. The van der Waals surface area contributed by atoms with Crippen LogP contribution in [0.4, 0.5) is 13.2 Å². The fourth-order valence-electron chi connectivity index (χ4n) is 3.11. The van der Waals surface area contributed by atoms with Crippen molar-refractivity contribution < 1.29 is 13.2 Å². The fourth-order valence-corrected chi connectivity index (χ4v) is 3.43. The first kappa shape index (κ1) is 16.6. The first-order chi connectivity index (χ1) is 9.77. The first-order valence-corrected chi connectivity index (χ1v) is 7.72. The SMILES string of the molecule is Cc1ccc(CC(N)C2CCC(C(F)(F)F)CC2)c(Cl)c1. The van der Waals surface area contributed by atoms with Crippen molar-refractivity contribution in [1.82, 2.24) is 0 Å². The molecule has 1 unspecified atom stereocenters. The molecular formula is C16H21ClF3N. The van der Waals surface area contributed by atoms with Crippen LogP contribution in [0.3, 0.4) is 0 Å². The zero-order valence-corrected chi connectivity index (χ0v) is 12.8. The molecule has 0 bridgehead atoms. The molecule has 1 aromatic rings. The lowest BCUT2D eigenvalue weighted by atomic mass is 9.77. The number of alkyl halides is 3. The Hall–Kier alpha value is -0.740. The van der Waals surface area contributed by atoms with Crippen molar-refractivity contribution in [2.75, 3.05) is 0 Å². The third-order valence-corrected chi connectivity index (χ3v) is 4.86. The highest BCUT2D eigenvalue weighted by Crippen LogP contribution is 2.40. The average Bonchev–Trinajstić information content (AvgIpc) is 2.41. The van der Waals surface area contributed by atoms with Gasteiger partial charge < -0.3 is 5.73 Å². The van der Waals surface area contributed by atoms with Crippen LogP contribution in [-0.2, 0) is 6.42 Å². The number of halogens is 4. The standard InChI is InChI=1S/C16H21ClF3N/c1-10-2-3-12(14(17)8-10)9-15(21)11-4-6-13(7-5-11)16(18,19)20/h2-3,8,11,13,15H,4-7,9,21H2,1H3. The summed E-state index contributed by atoms with van der Waals surface area (Å²) in [5.74, 6) is -0.995. The van der Waals surface area contributed by atoms with Crippen LogP contribution in [0.15, 0.2) is 18.2 Å². The summed E-state index contributed by atoms with van der Waals surface area (Å²) in [4.78, 5) is 0. The lowest BCUT2D eigenvalue weighted by molar-refractivity contribution is -0.184. The molecule has 2 N–H and O–H groups in total. The highest BCUT2D eigenvalue weighted by molar-refractivity contribution is 6.31. The van der Waals surface area contributed by atoms with Crippen molar-refractivity contribution in [3.63, 3.8) is 0 Å². The van der Waals surface area contributed by atoms with Crippen LogP contribution < -0.4 is 5.73 Å². The van der Waals surface area contributed by atoms with E-state index in [1.165, 1.54) is 0 Å². The third-order valence-electron chi connectivity index (χ3n) is 4.50. The molecule has 1 saturated carbocycles. The Balaban J connectivity index is 1.92. The van der Waals surface area contributed by atoms with Gasteiger partial charge in [-0.3, -0.25) is 0 Å². The van der Waals surface area contributed by atoms with Gasteiger partial charge in [0.2, 0.25) is 0 Å². The molecule has 0 saturated heterocycles. The molecule has 1 fully saturated rings. The number of nitrogens with two attached hydrogens (primary N) is 1. The Morgan fingerprint density at radius 1 is 1.24 bits per heavy atom. The van der Waals surface area contributed by atoms with Gasteiger partial charge in [-0.2, -0.15) is 13.2 Å². The van der Waals surface area contributed by atoms with Crippen molar-refractivity contribution >= 4 is 11.6 Å². The summed E-state index contributed by atoms with van der Waals surface area (Å²) in [6.07, 6.45) is -1.94. The van der Waals surface area contributed by atoms with Crippen molar-refractivity contribution in [3.05, 3.63) is 34.3 Å². The predicted octanol–water partition coefficient (Wildman–Crippen LogP) is 4.89. The molecule has 1 nitrogen and oxygen atoms in total. The maximum absolute atomic E-state index is 12.7. The van der Waals surface area contributed by atoms with Crippen LogP contribution in [0.1, 0.15) is 36.8 Å². The zero-order chi connectivity index (χ0) is 15.6. The highest BCUT2D eigenvalue weighted by atomic mass is 35.5. The maximum Gasteiger partial charge on any atom is 0.391 e. The van der Waals surface area contributed by atoms with E-state index in [4.69, 9.17) is 17.3 Å². The van der Waals surface area contributed by atoms with Gasteiger partial charge in [-0.25, -0.2) is 0 Å². The van der Waals surface area contributed by atoms with E-state index in [-0.39, 0.29) is 24.8 Å². The minimum Gasteiger partial charge on any atom is -0.327 e. The van der Waals surface area contributed by atoms with Crippen LogP contribution in [-0.4, -0.2) is 12.2 Å². The van der Waals surface area contributed by atoms with Crippen LogP contribution in [0.2, 0.25) is 5.02 Å². The van der Waals surface area contributed by atoms with Gasteiger partial charge in [0, 0.05) is 11.1 Å². The van der Waals surface area contributed by atoms with Crippen LogP contribution in [0.5, 0.6) is 0 Å². The quantitative estimate of drug-likeness (QED) is 0.843. The van der Waals surface area contributed by atoms with Gasteiger partial charge in [0.1, 0.15) is 0 Å². The lowest BCUT2D eigenvalue weighted by Gasteiger charge is -2.33. The van der Waals surface area contributed by atoms with Crippen molar-refractivity contribution in [2.24, 2.45) is 17.6 Å². The van der Waals surface area contributed by atoms with Gasteiger partial charge in [0.15, 0.2) is 0 Å². The molecule has 0 heterocycles. The van der Waals surface area contributed by atoms with E-state index >= 15 is 0 Å². The molecule has 1 aliphatic carbocycles. The minimum absolute atomic E-state index is 0.126. The molecule has 1 atom stereocenters. The third kappa shape index (κ3) is 4.36. The Labute approximate surface area is 128 Å². The van der Waals surface area contributed by atoms with Crippen molar-refractivity contribution in [3.8, 4) is 0 Å². The molecule has 1 aromatic carbocycles. The second-order valence-corrected chi connectivity index (χ2v) is 6.52. The van der Waals surface area contributed by atoms with Gasteiger partial charge in [-0.15, -0.1) is 0 Å². The summed E-state index contributed by atoms with van der Waals surface area (Å²) in [6.45, 7) is 1.97. The molecule has 21 heavy (non-hydrogen) atoms. The van der Waals surface area contributed by atoms with E-state index in [1.807, 2.05) is 25.1 Å². The summed E-state index contributed by atoms with van der Waals surface area (Å²) in [5, 5.41) is 0.689. The molecule has 0 aromatic heterocycles. The van der Waals surface area contributed by atoms with E-state index in [0.717, 1.165) is 11.1 Å². The monoisotopic (exact) mass is 319 g/mol. The molecule has 2 rings (SSSR count). The Kier molecular flexibility index (Phi) is 5.20. The average molecular weight is 320 g/mol. The first-order valence-electron chi connectivity index (χ1n) is 7.34. The van der Waals surface area contributed by atoms with Crippen molar-refractivity contribution in [1.29, 1.82) is 0 Å². The second kappa shape index (κ2) is 6.57. The zero-order valence-electron chi connectivity index (χ0n) is 12.1. The summed E-state index contributed by atoms with van der Waals surface area (Å²) < 4.78 is 38.0. The lowest BCUT2D eigenvalue weighted by Crippen LogP contribution is -2.37. The molecule has 0 aliphatic heterocycles. The van der Waals surface area contributed by atoms with Gasteiger partial charge in [-0.1, -0.05) is 23.7 Å². The molecule has 0 radical (unpaired) electrons. The van der Waals surface area contributed by atoms with Gasteiger partial charge in [0.05, 0.1) is 5.92 Å². The van der Waals surface area contributed by atoms with Gasteiger partial charge >= 0.3 is 6.18 Å². The van der Waals surface area contributed by atoms with Gasteiger partial charge in [-0.05, 0) is 62.1 Å². The summed E-state index contributed by atoms with van der Waals surface area (Å²) in [6, 6.07) is 5.71. The molecular weight excluding hydrogens is 299 g/mol. The van der Waals surface area contributed by atoms with Crippen LogP contribution in [0, 0.1) is 18.8 Å². The Morgan fingerprint density at radius 2 is 1.86 bits per heavy atom. The predicted molar refractivity (Wildman–Crippen MR) is 79.4 cm³/mol. The smallest absolute Gasteiger partial charge is 0.327 e. The van der Waals surface area contributed by atoms with Crippen LogP contribution in [0.25, 0.3) is 0 Å². The topological polar surface area (TPSA) is 26.0 Å². The number of benzene rings is 1. The summed E-state index contributed by atoms with van der Waals surface area (Å²) in [5.41, 5.74) is 8.27. The molecule has 5 heteroatoms. The fraction of sp³-hybridized carbons (Fsp3) is 0.625. The molecule has 1 aliphatic rings. The summed E-state index contributed by atoms with van der Waals surface area (Å²) >= 11 is 6.19. The van der Waals surface area contributed by atoms with Gasteiger partial charge in [0.25, 0.3) is 0 Å². The van der Waals surface area contributed by atoms with E-state index < -0.39 is 12.1 Å². The van der Waals surface area contributed by atoms with Crippen molar-refractivity contribution in [2.45, 2.75) is 51.2 Å². The number of hydrogen-bond acceptors (Lipinski definition) is 1. The normalized spacial score (nSPS) is 24.9. The Morgan fingerprint density at radius 3 is 2.38 bits per heavy atom. The van der Waals surface area contributed by atoms with E-state index in [2.05, 4.69) is 0 Å². The second-order valence-electron chi connectivity index (χ2n) is 6.12. The van der Waals surface area contributed by atoms with E-state index in [0.29, 0.717) is 24.3 Å². The number of hydrogen-bond donors (Lipinski definition) is 1. The highest BCUT2D eigenvalue weighted by Gasteiger charge is 2.42. The summed E-state index contributed by atoms with van der Waals surface area (Å²) in [7, 11) is 0. The molecule has 0 amide bonds. The number of rotatable bonds is 3.